The van der Waals surface area contributed by atoms with E-state index in [9.17, 15) is 20.2 Å². The number of hydrogen-bond acceptors (Lipinski definition) is 5. The van der Waals surface area contributed by atoms with Crippen LogP contribution in [0.15, 0.2) is 78.9 Å². The highest BCUT2D eigenvalue weighted by Crippen LogP contribution is 2.19. The minimum Gasteiger partial charge on any atom is -1.00 e. The summed E-state index contributed by atoms with van der Waals surface area (Å²) in [5.74, 6) is 0. The van der Waals surface area contributed by atoms with Crippen LogP contribution in [0.5, 0.6) is 0 Å². The lowest BCUT2D eigenvalue weighted by Crippen LogP contribution is -3.00. The second-order valence-corrected chi connectivity index (χ2v) is 6.48. The number of non-ortho nitro benzene ring substituents is 2. The first-order valence-electron chi connectivity index (χ1n) is 8.74. The molecule has 29 heavy (non-hydrogen) atoms. The van der Waals surface area contributed by atoms with Gasteiger partial charge in [-0.2, -0.15) is 0 Å². The average Bonchev–Trinajstić information content (AvgIpc) is 2.69. The minimum atomic E-state index is -0.414. The Morgan fingerprint density at radius 3 is 1.28 bits per heavy atom. The Balaban J connectivity index is 0.00000300. The molecule has 0 N–H and O–H groups in total. The van der Waals surface area contributed by atoms with E-state index in [-0.39, 0.29) is 23.8 Å². The van der Waals surface area contributed by atoms with Crippen molar-refractivity contribution in [2.75, 3.05) is 0 Å². The van der Waals surface area contributed by atoms with Gasteiger partial charge < -0.3 is 12.4 Å². The van der Waals surface area contributed by atoms with Gasteiger partial charge in [-0.05, 0) is 16.7 Å². The summed E-state index contributed by atoms with van der Waals surface area (Å²) in [5.41, 5.74) is 3.20. The van der Waals surface area contributed by atoms with Gasteiger partial charge in [-0.3, -0.25) is 25.1 Å². The SMILES string of the molecule is O=[N+]([O-])c1ccc(CN(Cc2ccccc2)Cc2ccc([N+](=O)[O-])cc2)cc1.[Cl-]. The third-order valence-corrected chi connectivity index (χ3v) is 4.36. The van der Waals surface area contributed by atoms with Crippen LogP contribution in [0.4, 0.5) is 11.4 Å². The predicted octanol–water partition coefficient (Wildman–Crippen LogP) is 1.71. The van der Waals surface area contributed by atoms with Crippen molar-refractivity contribution in [1.29, 1.82) is 0 Å². The van der Waals surface area contributed by atoms with Crippen molar-refractivity contribution in [3.8, 4) is 0 Å². The number of nitro groups is 2. The molecule has 0 unspecified atom stereocenters. The van der Waals surface area contributed by atoms with Crippen molar-refractivity contribution in [3.05, 3.63) is 116 Å². The van der Waals surface area contributed by atoms with Crippen molar-refractivity contribution in [2.24, 2.45) is 0 Å². The zero-order valence-corrected chi connectivity index (χ0v) is 16.2. The van der Waals surface area contributed by atoms with Gasteiger partial charge in [0.15, 0.2) is 0 Å². The zero-order chi connectivity index (χ0) is 19.9. The molecule has 150 valence electrons. The van der Waals surface area contributed by atoms with E-state index in [0.29, 0.717) is 19.6 Å². The van der Waals surface area contributed by atoms with E-state index < -0.39 is 9.85 Å². The molecular formula is C21H19ClN3O4-. The van der Waals surface area contributed by atoms with Crippen molar-refractivity contribution < 1.29 is 22.3 Å². The van der Waals surface area contributed by atoms with E-state index in [1.54, 1.807) is 24.3 Å². The van der Waals surface area contributed by atoms with Gasteiger partial charge in [0.2, 0.25) is 0 Å². The van der Waals surface area contributed by atoms with E-state index in [2.05, 4.69) is 4.90 Å². The summed E-state index contributed by atoms with van der Waals surface area (Å²) < 4.78 is 0. The molecule has 0 saturated heterocycles. The number of nitrogens with zero attached hydrogens (tertiary/aromatic N) is 3. The summed E-state index contributed by atoms with van der Waals surface area (Å²) >= 11 is 0. The van der Waals surface area contributed by atoms with Gasteiger partial charge in [0.05, 0.1) is 9.85 Å². The highest BCUT2D eigenvalue weighted by Gasteiger charge is 2.12. The molecule has 0 atom stereocenters. The molecule has 3 aromatic carbocycles. The molecule has 0 aliphatic carbocycles. The molecule has 7 nitrogen and oxygen atoms in total. The fourth-order valence-corrected chi connectivity index (χ4v) is 2.97. The first-order chi connectivity index (χ1) is 13.5. The van der Waals surface area contributed by atoms with Crippen molar-refractivity contribution in [1.82, 2.24) is 4.90 Å². The highest BCUT2D eigenvalue weighted by atomic mass is 35.5. The van der Waals surface area contributed by atoms with Gasteiger partial charge in [0, 0.05) is 43.9 Å². The third-order valence-electron chi connectivity index (χ3n) is 4.36. The maximum atomic E-state index is 10.8. The average molecular weight is 413 g/mol. The van der Waals surface area contributed by atoms with Gasteiger partial charge in [-0.1, -0.05) is 54.6 Å². The molecule has 0 aromatic heterocycles. The monoisotopic (exact) mass is 412 g/mol. The molecule has 0 aliphatic rings. The summed E-state index contributed by atoms with van der Waals surface area (Å²) in [6.45, 7) is 1.89. The molecule has 3 aromatic rings. The topological polar surface area (TPSA) is 89.5 Å². The van der Waals surface area contributed by atoms with E-state index in [1.165, 1.54) is 24.3 Å². The fourth-order valence-electron chi connectivity index (χ4n) is 2.97. The lowest BCUT2D eigenvalue weighted by molar-refractivity contribution is -0.385. The Bertz CT molecular complexity index is 888. The first kappa shape index (κ1) is 22.0. The van der Waals surface area contributed by atoms with Crippen LogP contribution in [-0.2, 0) is 19.6 Å². The Morgan fingerprint density at radius 2 is 0.931 bits per heavy atom. The summed E-state index contributed by atoms with van der Waals surface area (Å²) in [6.07, 6.45) is 0. The molecule has 0 bridgehead atoms. The summed E-state index contributed by atoms with van der Waals surface area (Å²) in [6, 6.07) is 23.0. The second-order valence-electron chi connectivity index (χ2n) is 6.48. The van der Waals surface area contributed by atoms with E-state index in [0.717, 1.165) is 16.7 Å². The molecule has 0 amide bonds. The summed E-state index contributed by atoms with van der Waals surface area (Å²) in [7, 11) is 0. The standard InChI is InChI=1S/C21H19N3O4.ClH/c25-23(26)20-10-6-18(7-11-20)15-22(14-17-4-2-1-3-5-17)16-19-8-12-21(13-9-19)24(27)28;/h1-13H,14-16H2;1H/p-1. The van der Waals surface area contributed by atoms with E-state index in [1.807, 2.05) is 30.3 Å². The molecule has 8 heteroatoms. The molecule has 0 aliphatic heterocycles. The number of rotatable bonds is 8. The number of hydrogen-bond donors (Lipinski definition) is 0. The van der Waals surface area contributed by atoms with Crippen molar-refractivity contribution in [3.63, 3.8) is 0 Å². The first-order valence-corrected chi connectivity index (χ1v) is 8.74. The van der Waals surface area contributed by atoms with Gasteiger partial charge in [0.1, 0.15) is 0 Å². The quantitative estimate of drug-likeness (QED) is 0.415. The van der Waals surface area contributed by atoms with Crippen LogP contribution in [0, 0.1) is 20.2 Å². The molecule has 0 saturated carbocycles. The maximum absolute atomic E-state index is 10.8. The lowest BCUT2D eigenvalue weighted by atomic mass is 10.1. The van der Waals surface area contributed by atoms with Gasteiger partial charge in [-0.25, -0.2) is 0 Å². The second kappa shape index (κ2) is 10.3. The van der Waals surface area contributed by atoms with Crippen molar-refractivity contribution >= 4 is 11.4 Å². The number of nitro benzene ring substituents is 2. The lowest BCUT2D eigenvalue weighted by Gasteiger charge is -2.23. The molecule has 0 radical (unpaired) electrons. The molecule has 3 rings (SSSR count). The van der Waals surface area contributed by atoms with Crippen LogP contribution in [0.25, 0.3) is 0 Å². The Hall–Kier alpha value is -3.29. The molecule has 0 fully saturated rings. The van der Waals surface area contributed by atoms with Gasteiger partial charge in [0.25, 0.3) is 11.4 Å². The van der Waals surface area contributed by atoms with Crippen LogP contribution in [0.2, 0.25) is 0 Å². The van der Waals surface area contributed by atoms with Crippen molar-refractivity contribution in [2.45, 2.75) is 19.6 Å². The van der Waals surface area contributed by atoms with Gasteiger partial charge >= 0.3 is 0 Å². The van der Waals surface area contributed by atoms with E-state index >= 15 is 0 Å². The Labute approximate surface area is 174 Å². The van der Waals surface area contributed by atoms with Gasteiger partial charge in [-0.15, -0.1) is 0 Å². The number of benzene rings is 3. The Morgan fingerprint density at radius 1 is 0.586 bits per heavy atom. The maximum Gasteiger partial charge on any atom is 0.269 e. The normalized spacial score (nSPS) is 10.4. The molecule has 0 spiro atoms. The van der Waals surface area contributed by atoms with Crippen LogP contribution in [0.3, 0.4) is 0 Å². The fraction of sp³-hybridized carbons (Fsp3) is 0.143. The van der Waals surface area contributed by atoms with Crippen LogP contribution in [0.1, 0.15) is 16.7 Å². The Kier molecular flexibility index (Phi) is 7.82. The number of halogens is 1. The minimum absolute atomic E-state index is 0. The predicted molar refractivity (Wildman–Crippen MR) is 106 cm³/mol. The van der Waals surface area contributed by atoms with E-state index in [4.69, 9.17) is 0 Å². The van der Waals surface area contributed by atoms with Crippen LogP contribution < -0.4 is 12.4 Å². The summed E-state index contributed by atoms with van der Waals surface area (Å²) in [4.78, 5) is 23.0. The highest BCUT2D eigenvalue weighted by molar-refractivity contribution is 5.34. The zero-order valence-electron chi connectivity index (χ0n) is 15.5. The summed E-state index contributed by atoms with van der Waals surface area (Å²) in [5, 5.41) is 21.7. The smallest absolute Gasteiger partial charge is 0.269 e. The van der Waals surface area contributed by atoms with Crippen LogP contribution in [-0.4, -0.2) is 14.7 Å². The third kappa shape index (κ3) is 6.38. The largest absolute Gasteiger partial charge is 1.00 e. The molecular weight excluding hydrogens is 394 g/mol. The van der Waals surface area contributed by atoms with Crippen LogP contribution >= 0.6 is 0 Å². The molecule has 0 heterocycles.